The number of rotatable bonds is 3. The molecular weight excluding hydrogens is 248 g/mol. The van der Waals surface area contributed by atoms with Gasteiger partial charge in [-0.25, -0.2) is 4.79 Å². The Balaban J connectivity index is 2.17. The number of amides is 3. The van der Waals surface area contributed by atoms with Crippen LogP contribution < -0.4 is 15.4 Å². The van der Waals surface area contributed by atoms with E-state index in [2.05, 4.69) is 10.6 Å². The van der Waals surface area contributed by atoms with Gasteiger partial charge in [-0.15, -0.1) is 0 Å². The maximum absolute atomic E-state index is 11.7. The number of esters is 1. The van der Waals surface area contributed by atoms with Crippen LogP contribution in [0.2, 0.25) is 0 Å². The summed E-state index contributed by atoms with van der Waals surface area (Å²) in [5, 5.41) is 4.78. The third-order valence-corrected chi connectivity index (χ3v) is 2.84. The fourth-order valence-electron chi connectivity index (χ4n) is 2.00. The molecule has 6 heteroatoms. The lowest BCUT2D eigenvalue weighted by molar-refractivity contribution is -0.132. The summed E-state index contributed by atoms with van der Waals surface area (Å²) < 4.78 is 4.97. The Morgan fingerprint density at radius 2 is 2.11 bits per heavy atom. The van der Waals surface area contributed by atoms with Gasteiger partial charge in [0.05, 0.1) is 0 Å². The van der Waals surface area contributed by atoms with Crippen LogP contribution in [0.1, 0.15) is 19.4 Å². The second kappa shape index (κ2) is 4.72. The van der Waals surface area contributed by atoms with Crippen LogP contribution in [0.3, 0.4) is 0 Å². The minimum absolute atomic E-state index is 0.319. The molecule has 100 valence electrons. The highest BCUT2D eigenvalue weighted by atomic mass is 16.5. The van der Waals surface area contributed by atoms with E-state index in [1.54, 1.807) is 31.2 Å². The first-order valence-corrected chi connectivity index (χ1v) is 5.80. The molecule has 3 amide bonds. The first-order chi connectivity index (χ1) is 8.89. The van der Waals surface area contributed by atoms with Crippen molar-refractivity contribution in [3.05, 3.63) is 29.8 Å². The smallest absolute Gasteiger partial charge is 0.322 e. The zero-order valence-corrected chi connectivity index (χ0v) is 10.6. The van der Waals surface area contributed by atoms with Gasteiger partial charge in [0.15, 0.2) is 0 Å². The lowest BCUT2D eigenvalue weighted by atomic mass is 9.93. The fraction of sp³-hybridized carbons (Fsp3) is 0.308. The first-order valence-electron chi connectivity index (χ1n) is 5.80. The van der Waals surface area contributed by atoms with Crippen LogP contribution in [0.5, 0.6) is 5.75 Å². The van der Waals surface area contributed by atoms with E-state index in [-0.39, 0.29) is 5.91 Å². The summed E-state index contributed by atoms with van der Waals surface area (Å²) in [6.45, 7) is 2.96. The fourth-order valence-corrected chi connectivity index (χ4v) is 2.00. The molecule has 1 aromatic rings. The van der Waals surface area contributed by atoms with Crippen molar-refractivity contribution in [2.24, 2.45) is 0 Å². The van der Waals surface area contributed by atoms with Crippen molar-refractivity contribution >= 4 is 17.9 Å². The molecule has 1 aromatic carbocycles. The Hall–Kier alpha value is -2.37. The molecule has 0 aromatic heterocycles. The zero-order valence-electron chi connectivity index (χ0n) is 10.6. The highest BCUT2D eigenvalue weighted by molar-refractivity contribution is 6.06. The molecule has 1 aliphatic rings. The van der Waals surface area contributed by atoms with Crippen LogP contribution in [-0.4, -0.2) is 23.4 Å². The van der Waals surface area contributed by atoms with Gasteiger partial charge in [-0.05, 0) is 24.6 Å². The second-order valence-electron chi connectivity index (χ2n) is 4.66. The third kappa shape index (κ3) is 2.90. The Bertz CT molecular complexity index is 555. The van der Waals surface area contributed by atoms with E-state index in [0.717, 1.165) is 5.56 Å². The molecule has 1 fully saturated rings. The Morgan fingerprint density at radius 1 is 1.37 bits per heavy atom. The van der Waals surface area contributed by atoms with Gasteiger partial charge in [0.1, 0.15) is 11.3 Å². The van der Waals surface area contributed by atoms with Crippen molar-refractivity contribution in [2.75, 3.05) is 0 Å². The average Bonchev–Trinajstić information content (AvgIpc) is 2.51. The normalized spacial score (nSPS) is 21.8. The van der Waals surface area contributed by atoms with Crippen molar-refractivity contribution < 1.29 is 19.1 Å². The summed E-state index contributed by atoms with van der Waals surface area (Å²) in [7, 11) is 0. The zero-order chi connectivity index (χ0) is 14.0. The highest BCUT2D eigenvalue weighted by Crippen LogP contribution is 2.20. The van der Waals surface area contributed by atoms with Gasteiger partial charge in [0, 0.05) is 13.3 Å². The number of hydrogen-bond acceptors (Lipinski definition) is 4. The van der Waals surface area contributed by atoms with Gasteiger partial charge in [-0.2, -0.15) is 0 Å². The van der Waals surface area contributed by atoms with Crippen LogP contribution in [0.4, 0.5) is 4.79 Å². The van der Waals surface area contributed by atoms with Crippen molar-refractivity contribution in [3.8, 4) is 5.75 Å². The summed E-state index contributed by atoms with van der Waals surface area (Å²) in [4.78, 5) is 33.7. The third-order valence-electron chi connectivity index (χ3n) is 2.84. The molecule has 0 bridgehead atoms. The van der Waals surface area contributed by atoms with Crippen LogP contribution in [0.25, 0.3) is 0 Å². The maximum atomic E-state index is 11.7. The van der Waals surface area contributed by atoms with Crippen LogP contribution in [-0.2, 0) is 16.0 Å². The minimum Gasteiger partial charge on any atom is -0.427 e. The predicted molar refractivity (Wildman–Crippen MR) is 66.5 cm³/mol. The van der Waals surface area contributed by atoms with Crippen molar-refractivity contribution in [2.45, 2.75) is 25.8 Å². The SMILES string of the molecule is CC(=O)Oc1cccc(C[C@@]2(C)NC(=O)NC2=O)c1. The molecule has 2 N–H and O–H groups in total. The number of hydrogen-bond donors (Lipinski definition) is 2. The van der Waals surface area contributed by atoms with Gasteiger partial charge < -0.3 is 10.1 Å². The first kappa shape index (κ1) is 13.1. The summed E-state index contributed by atoms with van der Waals surface area (Å²) in [5.41, 5.74) is -0.190. The number of carbonyl (C=O) groups excluding carboxylic acids is 3. The van der Waals surface area contributed by atoms with E-state index in [1.165, 1.54) is 6.92 Å². The standard InChI is InChI=1S/C13H14N2O4/c1-8(16)19-10-5-3-4-9(6-10)7-13(2)11(17)14-12(18)15-13/h3-6H,7H2,1-2H3,(H2,14,15,17,18)/t13-/m1/s1. The van der Waals surface area contributed by atoms with E-state index in [1.807, 2.05) is 0 Å². The molecule has 19 heavy (non-hydrogen) atoms. The second-order valence-corrected chi connectivity index (χ2v) is 4.66. The maximum Gasteiger partial charge on any atom is 0.322 e. The quantitative estimate of drug-likeness (QED) is 0.478. The van der Waals surface area contributed by atoms with Crippen LogP contribution in [0.15, 0.2) is 24.3 Å². The lowest BCUT2D eigenvalue weighted by Crippen LogP contribution is -2.45. The summed E-state index contributed by atoms with van der Waals surface area (Å²) >= 11 is 0. The van der Waals surface area contributed by atoms with Crippen LogP contribution >= 0.6 is 0 Å². The molecule has 0 unspecified atom stereocenters. The molecule has 2 rings (SSSR count). The number of benzene rings is 1. The van der Waals surface area contributed by atoms with Crippen molar-refractivity contribution in [1.82, 2.24) is 10.6 Å². The minimum atomic E-state index is -0.980. The van der Waals surface area contributed by atoms with Crippen LogP contribution in [0, 0.1) is 0 Å². The molecule has 1 saturated heterocycles. The Morgan fingerprint density at radius 3 is 2.68 bits per heavy atom. The number of urea groups is 1. The molecule has 0 spiro atoms. The van der Waals surface area contributed by atoms with Gasteiger partial charge in [-0.3, -0.25) is 14.9 Å². The molecule has 1 heterocycles. The van der Waals surface area contributed by atoms with E-state index in [4.69, 9.17) is 4.74 Å². The number of ether oxygens (including phenoxy) is 1. The van der Waals surface area contributed by atoms with Gasteiger partial charge in [0.25, 0.3) is 5.91 Å². The summed E-state index contributed by atoms with van der Waals surface area (Å²) in [6.07, 6.45) is 0.319. The van der Waals surface area contributed by atoms with E-state index >= 15 is 0 Å². The van der Waals surface area contributed by atoms with E-state index in [9.17, 15) is 14.4 Å². The van der Waals surface area contributed by atoms with Gasteiger partial charge in [-0.1, -0.05) is 12.1 Å². The lowest BCUT2D eigenvalue weighted by Gasteiger charge is -2.20. The average molecular weight is 262 g/mol. The Labute approximate surface area is 110 Å². The summed E-state index contributed by atoms with van der Waals surface area (Å²) in [5.74, 6) is -0.357. The number of nitrogens with one attached hydrogen (secondary N) is 2. The summed E-state index contributed by atoms with van der Waals surface area (Å²) in [6, 6.07) is 6.36. The molecule has 1 atom stereocenters. The molecule has 0 radical (unpaired) electrons. The molecule has 0 aliphatic carbocycles. The van der Waals surface area contributed by atoms with Gasteiger partial charge >= 0.3 is 12.0 Å². The van der Waals surface area contributed by atoms with E-state index in [0.29, 0.717) is 12.2 Å². The number of imide groups is 1. The predicted octanol–water partition coefficient (Wildman–Crippen LogP) is 0.752. The molecular formula is C13H14N2O4. The van der Waals surface area contributed by atoms with Crippen molar-refractivity contribution in [1.29, 1.82) is 0 Å². The molecule has 1 aliphatic heterocycles. The highest BCUT2D eigenvalue weighted by Gasteiger charge is 2.41. The molecule has 6 nitrogen and oxygen atoms in total. The topological polar surface area (TPSA) is 84.5 Å². The van der Waals surface area contributed by atoms with Crippen molar-refractivity contribution in [3.63, 3.8) is 0 Å². The van der Waals surface area contributed by atoms with E-state index < -0.39 is 17.5 Å². The van der Waals surface area contributed by atoms with Gasteiger partial charge in [0.2, 0.25) is 0 Å². The largest absolute Gasteiger partial charge is 0.427 e. The Kier molecular flexibility index (Phi) is 3.25. The monoisotopic (exact) mass is 262 g/mol. The number of carbonyl (C=O) groups is 3. The molecule has 0 saturated carbocycles.